The quantitative estimate of drug-likeness (QED) is 0.710. The summed E-state index contributed by atoms with van der Waals surface area (Å²) < 4.78 is 0. The van der Waals surface area contributed by atoms with E-state index in [-0.39, 0.29) is 0 Å². The van der Waals surface area contributed by atoms with Crippen LogP contribution in [0.3, 0.4) is 0 Å². The van der Waals surface area contributed by atoms with Crippen molar-refractivity contribution in [2.45, 2.75) is 18.9 Å². The Bertz CT molecular complexity index is 217. The molecule has 0 aliphatic carbocycles. The molecular formula is C7H12N4S. The van der Waals surface area contributed by atoms with Crippen molar-refractivity contribution in [3.05, 3.63) is 5.51 Å². The zero-order chi connectivity index (χ0) is 8.23. The van der Waals surface area contributed by atoms with Gasteiger partial charge in [0.1, 0.15) is 5.51 Å². The van der Waals surface area contributed by atoms with Gasteiger partial charge in [-0.05, 0) is 19.4 Å². The molecule has 12 heavy (non-hydrogen) atoms. The molecular weight excluding hydrogens is 172 g/mol. The Hall–Kier alpha value is -0.680. The third kappa shape index (κ3) is 1.92. The molecule has 1 aliphatic rings. The number of hydrogen-bond donors (Lipinski definition) is 2. The van der Waals surface area contributed by atoms with E-state index in [1.54, 1.807) is 16.8 Å². The maximum absolute atomic E-state index is 3.94. The van der Waals surface area contributed by atoms with E-state index in [1.165, 1.54) is 12.8 Å². The van der Waals surface area contributed by atoms with Crippen molar-refractivity contribution in [2.75, 3.05) is 18.4 Å². The molecule has 0 spiro atoms. The summed E-state index contributed by atoms with van der Waals surface area (Å²) in [5.41, 5.74) is 1.75. The van der Waals surface area contributed by atoms with Crippen LogP contribution in [0.1, 0.15) is 12.8 Å². The predicted molar refractivity (Wildman–Crippen MR) is 49.4 cm³/mol. The summed E-state index contributed by atoms with van der Waals surface area (Å²) in [5.74, 6) is 0. The fourth-order valence-corrected chi connectivity index (χ4v) is 1.91. The van der Waals surface area contributed by atoms with E-state index in [4.69, 9.17) is 0 Å². The van der Waals surface area contributed by atoms with Gasteiger partial charge in [-0.1, -0.05) is 11.3 Å². The standard InChI is InChI=1S/C7H12N4S/c1-2-6(4-8-3-1)10-7-11-9-5-12-7/h5-6,8H,1-4H2,(H,10,11)/t6-/m0/s1. The van der Waals surface area contributed by atoms with Crippen LogP contribution in [-0.4, -0.2) is 29.3 Å². The van der Waals surface area contributed by atoms with E-state index < -0.39 is 0 Å². The van der Waals surface area contributed by atoms with E-state index in [0.29, 0.717) is 6.04 Å². The van der Waals surface area contributed by atoms with Crippen LogP contribution in [0.2, 0.25) is 0 Å². The lowest BCUT2D eigenvalue weighted by Gasteiger charge is -2.22. The molecule has 0 saturated carbocycles. The number of rotatable bonds is 2. The van der Waals surface area contributed by atoms with Gasteiger partial charge in [-0.15, -0.1) is 10.2 Å². The highest BCUT2D eigenvalue weighted by molar-refractivity contribution is 7.13. The van der Waals surface area contributed by atoms with E-state index >= 15 is 0 Å². The SMILES string of the molecule is c1nnc(N[C@H]2CCCNC2)s1. The first-order valence-electron chi connectivity index (χ1n) is 4.18. The second kappa shape index (κ2) is 3.82. The van der Waals surface area contributed by atoms with E-state index in [1.807, 2.05) is 0 Å². The normalized spacial score (nSPS) is 23.8. The average molecular weight is 184 g/mol. The minimum absolute atomic E-state index is 0.534. The fraction of sp³-hybridized carbons (Fsp3) is 0.714. The lowest BCUT2D eigenvalue weighted by molar-refractivity contribution is 0.479. The van der Waals surface area contributed by atoms with Gasteiger partial charge in [0.05, 0.1) is 0 Å². The molecule has 0 aromatic carbocycles. The van der Waals surface area contributed by atoms with Gasteiger partial charge < -0.3 is 10.6 Å². The van der Waals surface area contributed by atoms with Gasteiger partial charge in [-0.25, -0.2) is 0 Å². The molecule has 5 heteroatoms. The first-order valence-corrected chi connectivity index (χ1v) is 5.06. The summed E-state index contributed by atoms with van der Waals surface area (Å²) in [5, 5.41) is 15.3. The molecule has 0 radical (unpaired) electrons. The van der Waals surface area contributed by atoms with Gasteiger partial charge in [0.15, 0.2) is 0 Å². The molecule has 66 valence electrons. The van der Waals surface area contributed by atoms with Crippen LogP contribution >= 0.6 is 11.3 Å². The predicted octanol–water partition coefficient (Wildman–Crippen LogP) is 0.702. The maximum atomic E-state index is 3.94. The molecule has 2 heterocycles. The Labute approximate surface area is 75.4 Å². The lowest BCUT2D eigenvalue weighted by atomic mass is 10.1. The van der Waals surface area contributed by atoms with Gasteiger partial charge in [0.2, 0.25) is 5.13 Å². The molecule has 1 fully saturated rings. The summed E-state index contributed by atoms with van der Waals surface area (Å²) in [6.45, 7) is 2.19. The molecule has 1 saturated heterocycles. The minimum atomic E-state index is 0.534. The molecule has 1 aromatic rings. The molecule has 4 nitrogen and oxygen atoms in total. The zero-order valence-corrected chi connectivity index (χ0v) is 7.60. The van der Waals surface area contributed by atoms with Crippen molar-refractivity contribution >= 4 is 16.5 Å². The monoisotopic (exact) mass is 184 g/mol. The number of piperidine rings is 1. The van der Waals surface area contributed by atoms with E-state index in [0.717, 1.165) is 18.2 Å². The Morgan fingerprint density at radius 3 is 3.33 bits per heavy atom. The van der Waals surface area contributed by atoms with E-state index in [2.05, 4.69) is 20.8 Å². The Morgan fingerprint density at radius 2 is 2.67 bits per heavy atom. The number of hydrogen-bond acceptors (Lipinski definition) is 5. The summed E-state index contributed by atoms with van der Waals surface area (Å²) in [7, 11) is 0. The Balaban J connectivity index is 1.86. The number of nitrogens with zero attached hydrogens (tertiary/aromatic N) is 2. The molecule has 0 bridgehead atoms. The van der Waals surface area contributed by atoms with Crippen molar-refractivity contribution in [3.8, 4) is 0 Å². The second-order valence-corrected chi connectivity index (χ2v) is 3.76. The number of nitrogens with one attached hydrogen (secondary N) is 2. The summed E-state index contributed by atoms with van der Waals surface area (Å²) in [4.78, 5) is 0. The maximum Gasteiger partial charge on any atom is 0.205 e. The summed E-state index contributed by atoms with van der Waals surface area (Å²) in [6.07, 6.45) is 2.48. The Morgan fingerprint density at radius 1 is 1.67 bits per heavy atom. The van der Waals surface area contributed by atoms with Crippen molar-refractivity contribution in [1.82, 2.24) is 15.5 Å². The van der Waals surface area contributed by atoms with Crippen molar-refractivity contribution < 1.29 is 0 Å². The molecule has 1 aromatic heterocycles. The van der Waals surface area contributed by atoms with Gasteiger partial charge in [0, 0.05) is 12.6 Å². The largest absolute Gasteiger partial charge is 0.356 e. The second-order valence-electron chi connectivity index (χ2n) is 2.93. The third-order valence-electron chi connectivity index (χ3n) is 1.98. The first-order chi connectivity index (χ1) is 5.95. The zero-order valence-electron chi connectivity index (χ0n) is 6.79. The minimum Gasteiger partial charge on any atom is -0.356 e. The highest BCUT2D eigenvalue weighted by Crippen LogP contribution is 2.12. The van der Waals surface area contributed by atoms with Crippen LogP contribution in [0, 0.1) is 0 Å². The molecule has 2 rings (SSSR count). The molecule has 2 N–H and O–H groups in total. The average Bonchev–Trinajstić information content (AvgIpc) is 2.59. The molecule has 1 aliphatic heterocycles. The van der Waals surface area contributed by atoms with Crippen molar-refractivity contribution in [2.24, 2.45) is 0 Å². The highest BCUT2D eigenvalue weighted by atomic mass is 32.1. The van der Waals surface area contributed by atoms with Gasteiger partial charge in [0.25, 0.3) is 0 Å². The smallest absolute Gasteiger partial charge is 0.205 e. The molecule has 0 unspecified atom stereocenters. The first kappa shape index (κ1) is 7.94. The number of aromatic nitrogens is 2. The topological polar surface area (TPSA) is 49.8 Å². The van der Waals surface area contributed by atoms with Crippen LogP contribution < -0.4 is 10.6 Å². The molecule has 1 atom stereocenters. The highest BCUT2D eigenvalue weighted by Gasteiger charge is 2.12. The van der Waals surface area contributed by atoms with Crippen LogP contribution in [0.4, 0.5) is 5.13 Å². The van der Waals surface area contributed by atoms with Crippen LogP contribution in [-0.2, 0) is 0 Å². The summed E-state index contributed by atoms with van der Waals surface area (Å²) in [6, 6.07) is 0.534. The van der Waals surface area contributed by atoms with Gasteiger partial charge in [-0.2, -0.15) is 0 Å². The van der Waals surface area contributed by atoms with E-state index in [9.17, 15) is 0 Å². The van der Waals surface area contributed by atoms with Crippen LogP contribution in [0.15, 0.2) is 5.51 Å². The van der Waals surface area contributed by atoms with Crippen molar-refractivity contribution in [3.63, 3.8) is 0 Å². The van der Waals surface area contributed by atoms with Crippen molar-refractivity contribution in [1.29, 1.82) is 0 Å². The lowest BCUT2D eigenvalue weighted by Crippen LogP contribution is -2.38. The summed E-state index contributed by atoms with van der Waals surface area (Å²) >= 11 is 1.56. The van der Waals surface area contributed by atoms with Gasteiger partial charge >= 0.3 is 0 Å². The van der Waals surface area contributed by atoms with Crippen LogP contribution in [0.25, 0.3) is 0 Å². The molecule has 0 amide bonds. The Kier molecular flexibility index (Phi) is 2.53. The fourth-order valence-electron chi connectivity index (χ4n) is 1.39. The third-order valence-corrected chi connectivity index (χ3v) is 2.61. The van der Waals surface area contributed by atoms with Crippen LogP contribution in [0.5, 0.6) is 0 Å². The number of anilines is 1. The van der Waals surface area contributed by atoms with Gasteiger partial charge in [-0.3, -0.25) is 0 Å².